The fourth-order valence-electron chi connectivity index (χ4n) is 2.89. The van der Waals surface area contributed by atoms with Crippen LogP contribution in [0.15, 0.2) is 0 Å². The molecule has 2 rings (SSSR count). The van der Waals surface area contributed by atoms with Crippen molar-refractivity contribution in [3.63, 3.8) is 0 Å². The summed E-state index contributed by atoms with van der Waals surface area (Å²) >= 11 is 0. The maximum Gasteiger partial charge on any atom is 0.317 e. The Balaban J connectivity index is 1.62. The molecule has 0 spiro atoms. The molecule has 0 aromatic rings. The monoisotopic (exact) mass is 268 g/mol. The molecule has 2 aliphatic carbocycles. The van der Waals surface area contributed by atoms with E-state index in [4.69, 9.17) is 0 Å². The lowest BCUT2D eigenvalue weighted by Crippen LogP contribution is -2.43. The first-order valence-electron chi connectivity index (χ1n) is 7.73. The molecule has 0 bridgehead atoms. The normalized spacial score (nSPS) is 28.8. The number of nitrogens with zero attached hydrogens (tertiary/aromatic N) is 1. The molecule has 2 fully saturated rings. The van der Waals surface area contributed by atoms with E-state index in [1.165, 1.54) is 25.7 Å². The fraction of sp³-hybridized carbons (Fsp3) is 0.933. The SMILES string of the molecule is CC1CCC(CNC(=O)N(C)CC(O)C2CC2)CC1. The van der Waals surface area contributed by atoms with Gasteiger partial charge in [0.1, 0.15) is 0 Å². The molecule has 0 aromatic heterocycles. The van der Waals surface area contributed by atoms with Crippen molar-refractivity contribution in [2.45, 2.75) is 51.6 Å². The largest absolute Gasteiger partial charge is 0.391 e. The van der Waals surface area contributed by atoms with E-state index in [2.05, 4.69) is 12.2 Å². The molecule has 1 unspecified atom stereocenters. The van der Waals surface area contributed by atoms with Crippen molar-refractivity contribution >= 4 is 6.03 Å². The van der Waals surface area contributed by atoms with E-state index >= 15 is 0 Å². The van der Waals surface area contributed by atoms with Gasteiger partial charge in [-0.05, 0) is 43.4 Å². The van der Waals surface area contributed by atoms with Crippen LogP contribution in [0, 0.1) is 17.8 Å². The van der Waals surface area contributed by atoms with Gasteiger partial charge in [0.05, 0.1) is 6.10 Å². The van der Waals surface area contributed by atoms with E-state index in [0.29, 0.717) is 18.4 Å². The summed E-state index contributed by atoms with van der Waals surface area (Å²) in [5.74, 6) is 1.92. The molecule has 4 heteroatoms. The number of amides is 2. The second-order valence-corrected chi connectivity index (χ2v) is 6.60. The van der Waals surface area contributed by atoms with Crippen molar-refractivity contribution in [1.82, 2.24) is 10.2 Å². The van der Waals surface area contributed by atoms with Gasteiger partial charge in [-0.1, -0.05) is 19.8 Å². The minimum Gasteiger partial charge on any atom is -0.391 e. The molecular weight excluding hydrogens is 240 g/mol. The Hall–Kier alpha value is -0.770. The Bertz CT molecular complexity index is 297. The lowest BCUT2D eigenvalue weighted by atomic mass is 9.83. The van der Waals surface area contributed by atoms with Crippen LogP contribution in [0.2, 0.25) is 0 Å². The van der Waals surface area contributed by atoms with E-state index < -0.39 is 0 Å². The first-order valence-corrected chi connectivity index (χ1v) is 7.73. The molecule has 110 valence electrons. The zero-order valence-corrected chi connectivity index (χ0v) is 12.3. The van der Waals surface area contributed by atoms with Crippen LogP contribution >= 0.6 is 0 Å². The van der Waals surface area contributed by atoms with Crippen LogP contribution in [-0.2, 0) is 0 Å². The van der Waals surface area contributed by atoms with Gasteiger partial charge in [0.15, 0.2) is 0 Å². The minimum absolute atomic E-state index is 0.0432. The highest BCUT2D eigenvalue weighted by Gasteiger charge is 2.31. The highest BCUT2D eigenvalue weighted by molar-refractivity contribution is 5.73. The van der Waals surface area contributed by atoms with E-state index in [1.54, 1.807) is 11.9 Å². The predicted octanol–water partition coefficient (Wildman–Crippen LogP) is 2.22. The molecular formula is C15H28N2O2. The van der Waals surface area contributed by atoms with Crippen molar-refractivity contribution in [1.29, 1.82) is 0 Å². The third-order valence-corrected chi connectivity index (χ3v) is 4.65. The Morgan fingerprint density at radius 1 is 1.26 bits per heavy atom. The number of carbonyl (C=O) groups excluding carboxylic acids is 1. The molecule has 2 saturated carbocycles. The van der Waals surface area contributed by atoms with Crippen LogP contribution in [0.25, 0.3) is 0 Å². The summed E-state index contributed by atoms with van der Waals surface area (Å²) in [6.07, 6.45) is 6.92. The van der Waals surface area contributed by atoms with Crippen molar-refractivity contribution in [3.8, 4) is 0 Å². The summed E-state index contributed by atoms with van der Waals surface area (Å²) in [5, 5.41) is 12.8. The molecule has 0 radical (unpaired) electrons. The van der Waals surface area contributed by atoms with Crippen LogP contribution in [-0.4, -0.2) is 42.3 Å². The van der Waals surface area contributed by atoms with Gasteiger partial charge in [-0.2, -0.15) is 0 Å². The Morgan fingerprint density at radius 3 is 2.47 bits per heavy atom. The molecule has 2 aliphatic rings. The van der Waals surface area contributed by atoms with E-state index in [9.17, 15) is 9.90 Å². The number of aliphatic hydroxyl groups excluding tert-OH is 1. The number of hydrogen-bond acceptors (Lipinski definition) is 2. The molecule has 0 saturated heterocycles. The smallest absolute Gasteiger partial charge is 0.317 e. The highest BCUT2D eigenvalue weighted by atomic mass is 16.3. The van der Waals surface area contributed by atoms with Crippen LogP contribution in [0.1, 0.15) is 45.4 Å². The first-order chi connectivity index (χ1) is 9.06. The van der Waals surface area contributed by atoms with Gasteiger partial charge in [-0.3, -0.25) is 0 Å². The Morgan fingerprint density at radius 2 is 1.89 bits per heavy atom. The fourth-order valence-corrected chi connectivity index (χ4v) is 2.89. The first kappa shape index (κ1) is 14.6. The maximum absolute atomic E-state index is 11.9. The van der Waals surface area contributed by atoms with Crippen LogP contribution < -0.4 is 5.32 Å². The Labute approximate surface area is 116 Å². The minimum atomic E-state index is -0.341. The second kappa shape index (κ2) is 6.60. The quantitative estimate of drug-likeness (QED) is 0.803. The van der Waals surface area contributed by atoms with Gasteiger partial charge < -0.3 is 15.3 Å². The lowest BCUT2D eigenvalue weighted by molar-refractivity contribution is 0.113. The highest BCUT2D eigenvalue weighted by Crippen LogP contribution is 2.32. The molecule has 4 nitrogen and oxygen atoms in total. The second-order valence-electron chi connectivity index (χ2n) is 6.60. The summed E-state index contributed by atoms with van der Waals surface area (Å²) in [6.45, 7) is 3.55. The van der Waals surface area contributed by atoms with Crippen LogP contribution in [0.4, 0.5) is 4.79 Å². The summed E-state index contributed by atoms with van der Waals surface area (Å²) in [6, 6.07) is -0.0432. The van der Waals surface area contributed by atoms with Gasteiger partial charge in [0.25, 0.3) is 0 Å². The number of carbonyl (C=O) groups is 1. The van der Waals surface area contributed by atoms with Crippen molar-refractivity contribution in [3.05, 3.63) is 0 Å². The number of rotatable bonds is 5. The van der Waals surface area contributed by atoms with Gasteiger partial charge in [0, 0.05) is 20.1 Å². The molecule has 0 heterocycles. The molecule has 19 heavy (non-hydrogen) atoms. The average Bonchev–Trinajstić information content (AvgIpc) is 3.21. The number of likely N-dealkylation sites (N-methyl/N-ethyl adjacent to an activating group) is 1. The standard InChI is InChI=1S/C15H28N2O2/c1-11-3-5-12(6-4-11)9-16-15(19)17(2)10-14(18)13-7-8-13/h11-14,18H,3-10H2,1-2H3,(H,16,19). The topological polar surface area (TPSA) is 52.6 Å². The number of nitrogens with one attached hydrogen (secondary N) is 1. The lowest BCUT2D eigenvalue weighted by Gasteiger charge is -2.27. The molecule has 1 atom stereocenters. The summed E-state index contributed by atoms with van der Waals surface area (Å²) in [5.41, 5.74) is 0. The summed E-state index contributed by atoms with van der Waals surface area (Å²) in [4.78, 5) is 13.6. The van der Waals surface area contributed by atoms with Crippen molar-refractivity contribution in [2.75, 3.05) is 20.1 Å². The number of hydrogen-bond donors (Lipinski definition) is 2. The summed E-state index contributed by atoms with van der Waals surface area (Å²) < 4.78 is 0. The number of aliphatic hydroxyl groups is 1. The van der Waals surface area contributed by atoms with Crippen molar-refractivity contribution < 1.29 is 9.90 Å². The molecule has 0 aliphatic heterocycles. The zero-order chi connectivity index (χ0) is 13.8. The summed E-state index contributed by atoms with van der Waals surface area (Å²) in [7, 11) is 1.77. The van der Waals surface area contributed by atoms with Gasteiger partial charge in [-0.25, -0.2) is 4.79 Å². The van der Waals surface area contributed by atoms with Gasteiger partial charge >= 0.3 is 6.03 Å². The van der Waals surface area contributed by atoms with Crippen molar-refractivity contribution in [2.24, 2.45) is 17.8 Å². The average molecular weight is 268 g/mol. The molecule has 2 amide bonds. The van der Waals surface area contributed by atoms with Gasteiger partial charge in [0.2, 0.25) is 0 Å². The molecule has 2 N–H and O–H groups in total. The van der Waals surface area contributed by atoms with Crippen LogP contribution in [0.3, 0.4) is 0 Å². The third-order valence-electron chi connectivity index (χ3n) is 4.65. The van der Waals surface area contributed by atoms with Crippen LogP contribution in [0.5, 0.6) is 0 Å². The zero-order valence-electron chi connectivity index (χ0n) is 12.3. The van der Waals surface area contributed by atoms with Gasteiger partial charge in [-0.15, -0.1) is 0 Å². The third kappa shape index (κ3) is 4.68. The number of urea groups is 1. The Kier molecular flexibility index (Phi) is 5.08. The maximum atomic E-state index is 11.9. The molecule has 0 aromatic carbocycles. The van der Waals surface area contributed by atoms with E-state index in [1.807, 2.05) is 0 Å². The predicted molar refractivity (Wildman–Crippen MR) is 75.9 cm³/mol. The van der Waals surface area contributed by atoms with E-state index in [-0.39, 0.29) is 12.1 Å². The van der Waals surface area contributed by atoms with E-state index in [0.717, 1.165) is 25.3 Å².